The number of hydrogen-bond acceptors (Lipinski definition) is 2. The third-order valence-corrected chi connectivity index (χ3v) is 15.1. The number of rotatable bonds is 6. The summed E-state index contributed by atoms with van der Waals surface area (Å²) in [5.74, 6) is 0. The fourth-order valence-corrected chi connectivity index (χ4v) is 12.0. The second kappa shape index (κ2) is 14.2. The van der Waals surface area contributed by atoms with E-state index in [4.69, 9.17) is 0 Å². The highest BCUT2D eigenvalue weighted by atomic mass is 32.1. The van der Waals surface area contributed by atoms with Crippen molar-refractivity contribution in [2.24, 2.45) is 0 Å². The van der Waals surface area contributed by atoms with Crippen molar-refractivity contribution in [1.29, 1.82) is 0 Å². The van der Waals surface area contributed by atoms with Crippen LogP contribution in [-0.2, 0) is 5.41 Å². The first-order valence-electron chi connectivity index (χ1n) is 22.2. The molecule has 302 valence electrons. The van der Waals surface area contributed by atoms with E-state index in [-0.39, 0.29) is 5.41 Å². The van der Waals surface area contributed by atoms with Gasteiger partial charge in [0.15, 0.2) is 0 Å². The second-order valence-electron chi connectivity index (χ2n) is 17.7. The Morgan fingerprint density at radius 1 is 0.406 bits per heavy atom. The minimum Gasteiger partial charge on any atom is -0.309 e. The van der Waals surface area contributed by atoms with E-state index >= 15 is 0 Å². The van der Waals surface area contributed by atoms with E-state index < -0.39 is 0 Å². The Morgan fingerprint density at radius 3 is 1.83 bits per heavy atom. The van der Waals surface area contributed by atoms with Gasteiger partial charge in [-0.25, -0.2) is 0 Å². The Balaban J connectivity index is 0.959. The van der Waals surface area contributed by atoms with E-state index in [0.29, 0.717) is 0 Å². The van der Waals surface area contributed by atoms with Crippen LogP contribution in [0.25, 0.3) is 91.8 Å². The number of benzene rings is 10. The summed E-state index contributed by atoms with van der Waals surface area (Å²) in [6.07, 6.45) is 0. The molecule has 0 spiro atoms. The lowest BCUT2D eigenvalue weighted by Crippen LogP contribution is -2.14. The molecule has 10 aromatic carbocycles. The Hall–Kier alpha value is -7.72. The van der Waals surface area contributed by atoms with Gasteiger partial charge in [-0.2, -0.15) is 0 Å². The molecular formula is C61H42N2S. The predicted octanol–water partition coefficient (Wildman–Crippen LogP) is 17.4. The zero-order valence-electron chi connectivity index (χ0n) is 35.6. The molecule has 0 aliphatic heterocycles. The van der Waals surface area contributed by atoms with E-state index in [1.54, 1.807) is 0 Å². The molecular weight excluding hydrogens is 793 g/mol. The molecule has 0 atom stereocenters. The van der Waals surface area contributed by atoms with Crippen LogP contribution < -0.4 is 4.90 Å². The van der Waals surface area contributed by atoms with Crippen LogP contribution in [0.2, 0.25) is 0 Å². The normalized spacial score (nSPS) is 13.0. The van der Waals surface area contributed by atoms with Crippen LogP contribution in [0, 0.1) is 0 Å². The highest BCUT2D eigenvalue weighted by Gasteiger charge is 2.36. The van der Waals surface area contributed by atoms with Gasteiger partial charge in [-0.1, -0.05) is 178 Å². The average molecular weight is 835 g/mol. The first kappa shape index (κ1) is 36.9. The maximum Gasteiger partial charge on any atom is 0.0640 e. The zero-order valence-corrected chi connectivity index (χ0v) is 36.4. The summed E-state index contributed by atoms with van der Waals surface area (Å²) in [6.45, 7) is 4.71. The molecule has 13 rings (SSSR count). The lowest BCUT2D eigenvalue weighted by Gasteiger charge is -2.26. The van der Waals surface area contributed by atoms with Gasteiger partial charge in [-0.15, -0.1) is 11.3 Å². The van der Waals surface area contributed by atoms with Gasteiger partial charge in [0.05, 0.1) is 21.4 Å². The van der Waals surface area contributed by atoms with E-state index in [0.717, 1.165) is 17.1 Å². The van der Waals surface area contributed by atoms with Crippen molar-refractivity contribution in [3.8, 4) is 39.1 Å². The van der Waals surface area contributed by atoms with Crippen LogP contribution in [0.5, 0.6) is 0 Å². The smallest absolute Gasteiger partial charge is 0.0640 e. The lowest BCUT2D eigenvalue weighted by atomic mass is 9.82. The molecule has 0 bridgehead atoms. The van der Waals surface area contributed by atoms with Crippen molar-refractivity contribution in [2.75, 3.05) is 4.90 Å². The standard InChI is InChI=1S/C61H42N2S/c1-61(2)53-22-10-8-19-52(53)58-46(20-12-23-54(58)61)41-28-34-45(35-29-41)62(56-25-13-21-50-51-37-30-40-14-6-7-17-47(40)59(51)64-60(50)56)44-32-26-39(27-33-44)42-31-36-49-48-18-9-11-24-55(48)63(57(49)38-42)43-15-4-3-5-16-43/h3-38H,1-2H3. The van der Waals surface area contributed by atoms with Crippen molar-refractivity contribution in [3.63, 3.8) is 0 Å². The van der Waals surface area contributed by atoms with Gasteiger partial charge in [0.25, 0.3) is 0 Å². The predicted molar refractivity (Wildman–Crippen MR) is 274 cm³/mol. The molecule has 0 radical (unpaired) electrons. The first-order chi connectivity index (χ1) is 31.5. The van der Waals surface area contributed by atoms with Gasteiger partial charge < -0.3 is 9.47 Å². The summed E-state index contributed by atoms with van der Waals surface area (Å²) in [4.78, 5) is 2.46. The van der Waals surface area contributed by atoms with Crippen molar-refractivity contribution in [2.45, 2.75) is 19.3 Å². The first-order valence-corrected chi connectivity index (χ1v) is 23.0. The SMILES string of the molecule is CC1(C)c2ccccc2-c2c(-c3ccc(N(c4ccc(-c5ccc6c7ccccc7n(-c7ccccc7)c6c5)cc4)c4cccc5c4sc4c6ccccc6ccc54)cc3)cccc21. The topological polar surface area (TPSA) is 8.17 Å². The zero-order chi connectivity index (χ0) is 42.5. The summed E-state index contributed by atoms with van der Waals surface area (Å²) in [6, 6.07) is 80.7. The third kappa shape index (κ3) is 5.51. The Labute approximate surface area is 376 Å². The number of anilines is 3. The summed E-state index contributed by atoms with van der Waals surface area (Å²) in [7, 11) is 0. The third-order valence-electron chi connectivity index (χ3n) is 13.8. The van der Waals surface area contributed by atoms with E-state index in [1.165, 1.54) is 103 Å². The van der Waals surface area contributed by atoms with Crippen LogP contribution in [0.15, 0.2) is 218 Å². The molecule has 0 unspecified atom stereocenters. The van der Waals surface area contributed by atoms with E-state index in [1.807, 2.05) is 11.3 Å². The van der Waals surface area contributed by atoms with Crippen molar-refractivity contribution in [3.05, 3.63) is 230 Å². The molecule has 1 aliphatic rings. The fraction of sp³-hybridized carbons (Fsp3) is 0.0492. The fourth-order valence-electron chi connectivity index (χ4n) is 10.7. The molecule has 3 heteroatoms. The number of thiophene rings is 1. The van der Waals surface area contributed by atoms with Crippen molar-refractivity contribution >= 4 is 81.1 Å². The van der Waals surface area contributed by atoms with Gasteiger partial charge in [0, 0.05) is 48.7 Å². The summed E-state index contributed by atoms with van der Waals surface area (Å²) < 4.78 is 5.00. The highest BCUT2D eigenvalue weighted by molar-refractivity contribution is 7.27. The maximum atomic E-state index is 2.46. The largest absolute Gasteiger partial charge is 0.309 e. The molecule has 2 nitrogen and oxygen atoms in total. The van der Waals surface area contributed by atoms with Crippen LogP contribution in [0.4, 0.5) is 17.1 Å². The van der Waals surface area contributed by atoms with Gasteiger partial charge >= 0.3 is 0 Å². The second-order valence-corrected chi connectivity index (χ2v) is 18.7. The molecule has 12 aromatic rings. The number of fused-ring (bicyclic) bond motifs is 11. The molecule has 2 aromatic heterocycles. The monoisotopic (exact) mass is 834 g/mol. The van der Waals surface area contributed by atoms with Crippen LogP contribution in [0.1, 0.15) is 25.0 Å². The van der Waals surface area contributed by atoms with Gasteiger partial charge in [-0.05, 0) is 110 Å². The molecule has 0 amide bonds. The summed E-state index contributed by atoms with van der Waals surface area (Å²) in [5, 5.41) is 7.67. The molecule has 0 fully saturated rings. The molecule has 64 heavy (non-hydrogen) atoms. The van der Waals surface area contributed by atoms with Crippen molar-refractivity contribution < 1.29 is 0 Å². The number of aromatic nitrogens is 1. The Bertz CT molecular complexity index is 3800. The minimum absolute atomic E-state index is 0.0504. The number of para-hydroxylation sites is 2. The van der Waals surface area contributed by atoms with Gasteiger partial charge in [-0.3, -0.25) is 0 Å². The highest BCUT2D eigenvalue weighted by Crippen LogP contribution is 2.53. The summed E-state index contributed by atoms with van der Waals surface area (Å²) in [5.41, 5.74) is 17.3. The van der Waals surface area contributed by atoms with Gasteiger partial charge in [0.2, 0.25) is 0 Å². The molecule has 0 N–H and O–H groups in total. The Morgan fingerprint density at radius 2 is 1.00 bits per heavy atom. The number of hydrogen-bond donors (Lipinski definition) is 0. The van der Waals surface area contributed by atoms with Crippen LogP contribution in [-0.4, -0.2) is 4.57 Å². The number of nitrogens with zero attached hydrogens (tertiary/aromatic N) is 2. The average Bonchev–Trinajstić information content (AvgIpc) is 3.98. The van der Waals surface area contributed by atoms with Crippen LogP contribution in [0.3, 0.4) is 0 Å². The van der Waals surface area contributed by atoms with E-state index in [9.17, 15) is 0 Å². The van der Waals surface area contributed by atoms with Crippen molar-refractivity contribution in [1.82, 2.24) is 4.57 Å². The molecule has 0 saturated carbocycles. The molecule has 2 heterocycles. The van der Waals surface area contributed by atoms with Crippen LogP contribution >= 0.6 is 11.3 Å². The molecule has 1 aliphatic carbocycles. The lowest BCUT2D eigenvalue weighted by molar-refractivity contribution is 0.660. The molecule has 0 saturated heterocycles. The minimum atomic E-state index is -0.0504. The van der Waals surface area contributed by atoms with Gasteiger partial charge in [0.1, 0.15) is 0 Å². The quantitative estimate of drug-likeness (QED) is 0.162. The van der Waals surface area contributed by atoms with E-state index in [2.05, 4.69) is 242 Å². The summed E-state index contributed by atoms with van der Waals surface area (Å²) >= 11 is 1.90. The maximum absolute atomic E-state index is 2.46. The Kier molecular flexibility index (Phi) is 8.16.